The zero-order chi connectivity index (χ0) is 14.5. The quantitative estimate of drug-likeness (QED) is 0.830. The molecule has 3 rings (SSSR count). The number of pyridine rings is 1. The maximum absolute atomic E-state index is 4.66. The predicted octanol–water partition coefficient (Wildman–Crippen LogP) is 4.17. The maximum Gasteiger partial charge on any atom is 0.0482 e. The number of aryl methyl sites for hydroxylation is 2. The van der Waals surface area contributed by atoms with Crippen LogP contribution in [0.25, 0.3) is 0 Å². The fourth-order valence-corrected chi connectivity index (χ4v) is 4.25. The van der Waals surface area contributed by atoms with Crippen LogP contribution in [0.3, 0.4) is 0 Å². The summed E-state index contributed by atoms with van der Waals surface area (Å²) >= 11 is 1.88. The van der Waals surface area contributed by atoms with E-state index in [1.165, 1.54) is 48.2 Å². The zero-order valence-electron chi connectivity index (χ0n) is 12.7. The van der Waals surface area contributed by atoms with Crippen LogP contribution < -0.4 is 5.32 Å². The van der Waals surface area contributed by atoms with Crippen LogP contribution in [0.15, 0.2) is 35.8 Å². The third-order valence-corrected chi connectivity index (χ3v) is 5.41. The van der Waals surface area contributed by atoms with Gasteiger partial charge in [-0.2, -0.15) is 0 Å². The van der Waals surface area contributed by atoms with Crippen molar-refractivity contribution in [3.8, 4) is 0 Å². The topological polar surface area (TPSA) is 24.9 Å². The number of nitrogens with one attached hydrogen (secondary N) is 1. The highest BCUT2D eigenvalue weighted by Crippen LogP contribution is 2.35. The van der Waals surface area contributed by atoms with Gasteiger partial charge in [-0.3, -0.25) is 4.98 Å². The summed E-state index contributed by atoms with van der Waals surface area (Å²) < 4.78 is 0. The molecule has 1 aliphatic carbocycles. The molecular formula is C18H24N2S. The van der Waals surface area contributed by atoms with Gasteiger partial charge in [-0.15, -0.1) is 11.3 Å². The van der Waals surface area contributed by atoms with E-state index in [9.17, 15) is 0 Å². The van der Waals surface area contributed by atoms with Gasteiger partial charge in [0.15, 0.2) is 0 Å². The smallest absolute Gasteiger partial charge is 0.0482 e. The summed E-state index contributed by atoms with van der Waals surface area (Å²) in [5, 5.41) is 5.88. The SMILES string of the molecule is CCNC(CCCc1cccs1)C1CCc2cccnc21. The minimum atomic E-state index is 0.575. The summed E-state index contributed by atoms with van der Waals surface area (Å²) in [7, 11) is 0. The van der Waals surface area contributed by atoms with Crippen molar-refractivity contribution in [2.45, 2.75) is 51.0 Å². The monoisotopic (exact) mass is 300 g/mol. The second-order valence-corrected chi connectivity index (χ2v) is 6.86. The zero-order valence-corrected chi connectivity index (χ0v) is 13.5. The molecule has 0 aliphatic heterocycles. The lowest BCUT2D eigenvalue weighted by molar-refractivity contribution is 0.400. The van der Waals surface area contributed by atoms with Crippen LogP contribution in [0.2, 0.25) is 0 Å². The molecular weight excluding hydrogens is 276 g/mol. The summed E-state index contributed by atoms with van der Waals surface area (Å²) in [4.78, 5) is 6.17. The second-order valence-electron chi connectivity index (χ2n) is 5.83. The number of nitrogens with zero attached hydrogens (tertiary/aromatic N) is 1. The van der Waals surface area contributed by atoms with Gasteiger partial charge in [0.2, 0.25) is 0 Å². The molecule has 2 nitrogen and oxygen atoms in total. The summed E-state index contributed by atoms with van der Waals surface area (Å²) in [6.45, 7) is 3.25. The van der Waals surface area contributed by atoms with Crippen molar-refractivity contribution in [1.82, 2.24) is 10.3 Å². The number of hydrogen-bond acceptors (Lipinski definition) is 3. The first-order valence-corrected chi connectivity index (χ1v) is 8.96. The Labute approximate surface area is 131 Å². The van der Waals surface area contributed by atoms with Crippen LogP contribution in [-0.4, -0.2) is 17.6 Å². The van der Waals surface area contributed by atoms with Crippen LogP contribution in [0, 0.1) is 0 Å². The second kappa shape index (κ2) is 7.19. The number of likely N-dealkylation sites (N-methyl/N-ethyl adjacent to an activating group) is 1. The average molecular weight is 300 g/mol. The van der Waals surface area contributed by atoms with Gasteiger partial charge in [-0.1, -0.05) is 19.1 Å². The Morgan fingerprint density at radius 3 is 3.14 bits per heavy atom. The van der Waals surface area contributed by atoms with Crippen LogP contribution in [-0.2, 0) is 12.8 Å². The molecule has 21 heavy (non-hydrogen) atoms. The van der Waals surface area contributed by atoms with Gasteiger partial charge in [-0.05, 0) is 61.7 Å². The molecule has 2 aromatic rings. The highest BCUT2D eigenvalue weighted by atomic mass is 32.1. The van der Waals surface area contributed by atoms with Gasteiger partial charge in [-0.25, -0.2) is 0 Å². The molecule has 0 amide bonds. The van der Waals surface area contributed by atoms with E-state index in [1.54, 1.807) is 0 Å². The number of rotatable bonds is 7. The highest BCUT2D eigenvalue weighted by molar-refractivity contribution is 7.09. The Bertz CT molecular complexity index is 550. The molecule has 112 valence electrons. The minimum Gasteiger partial charge on any atom is -0.314 e. The molecule has 0 spiro atoms. The summed E-state index contributed by atoms with van der Waals surface area (Å²) in [5.74, 6) is 0.601. The number of thiophene rings is 1. The molecule has 0 radical (unpaired) electrons. The third-order valence-electron chi connectivity index (χ3n) is 4.47. The molecule has 2 heterocycles. The van der Waals surface area contributed by atoms with Crippen molar-refractivity contribution in [1.29, 1.82) is 0 Å². The van der Waals surface area contributed by atoms with Gasteiger partial charge < -0.3 is 5.32 Å². The van der Waals surface area contributed by atoms with Gasteiger partial charge in [0.25, 0.3) is 0 Å². The molecule has 0 saturated heterocycles. The van der Waals surface area contributed by atoms with E-state index in [0.29, 0.717) is 12.0 Å². The van der Waals surface area contributed by atoms with E-state index < -0.39 is 0 Å². The molecule has 2 atom stereocenters. The maximum atomic E-state index is 4.66. The molecule has 1 N–H and O–H groups in total. The highest BCUT2D eigenvalue weighted by Gasteiger charge is 2.30. The largest absolute Gasteiger partial charge is 0.314 e. The Kier molecular flexibility index (Phi) is 5.04. The Morgan fingerprint density at radius 2 is 2.33 bits per heavy atom. The summed E-state index contributed by atoms with van der Waals surface area (Å²) in [6.07, 6.45) is 8.11. The van der Waals surface area contributed by atoms with Gasteiger partial charge in [0.1, 0.15) is 0 Å². The first kappa shape index (κ1) is 14.7. The van der Waals surface area contributed by atoms with Crippen molar-refractivity contribution in [2.24, 2.45) is 0 Å². The third kappa shape index (κ3) is 3.53. The number of fused-ring (bicyclic) bond motifs is 1. The number of aromatic nitrogens is 1. The van der Waals surface area contributed by atoms with Crippen LogP contribution >= 0.6 is 11.3 Å². The van der Waals surface area contributed by atoms with Crippen molar-refractivity contribution >= 4 is 11.3 Å². The molecule has 2 aromatic heterocycles. The normalized spacial score (nSPS) is 18.6. The fourth-order valence-electron chi connectivity index (χ4n) is 3.49. The van der Waals surface area contributed by atoms with E-state index in [4.69, 9.17) is 0 Å². The van der Waals surface area contributed by atoms with Crippen LogP contribution in [0.5, 0.6) is 0 Å². The van der Waals surface area contributed by atoms with E-state index in [0.717, 1.165) is 6.54 Å². The predicted molar refractivity (Wildman–Crippen MR) is 90.0 cm³/mol. The van der Waals surface area contributed by atoms with E-state index in [1.807, 2.05) is 17.5 Å². The lowest BCUT2D eigenvalue weighted by atomic mass is 9.92. The fraction of sp³-hybridized carbons (Fsp3) is 0.500. The first-order valence-electron chi connectivity index (χ1n) is 8.08. The Morgan fingerprint density at radius 1 is 1.38 bits per heavy atom. The van der Waals surface area contributed by atoms with Crippen molar-refractivity contribution in [3.05, 3.63) is 52.0 Å². The van der Waals surface area contributed by atoms with E-state index >= 15 is 0 Å². The minimum absolute atomic E-state index is 0.575. The molecule has 0 bridgehead atoms. The van der Waals surface area contributed by atoms with Gasteiger partial charge in [0, 0.05) is 28.7 Å². The Balaban J connectivity index is 1.62. The van der Waals surface area contributed by atoms with Crippen molar-refractivity contribution < 1.29 is 0 Å². The Hall–Kier alpha value is -1.19. The van der Waals surface area contributed by atoms with E-state index in [2.05, 4.69) is 46.9 Å². The lowest BCUT2D eigenvalue weighted by Gasteiger charge is -2.24. The van der Waals surface area contributed by atoms with Gasteiger partial charge in [0.05, 0.1) is 0 Å². The molecule has 1 aliphatic rings. The standard InChI is InChI=1S/C18H24N2S/c1-2-19-17(9-3-7-15-8-5-13-21-15)16-11-10-14-6-4-12-20-18(14)16/h4-6,8,12-13,16-17,19H,2-3,7,9-11H2,1H3. The summed E-state index contributed by atoms with van der Waals surface area (Å²) in [6, 6.07) is 9.29. The summed E-state index contributed by atoms with van der Waals surface area (Å²) in [5.41, 5.74) is 2.81. The lowest BCUT2D eigenvalue weighted by Crippen LogP contribution is -2.34. The first-order chi connectivity index (χ1) is 10.4. The molecule has 2 unspecified atom stereocenters. The molecule has 0 fully saturated rings. The molecule has 0 saturated carbocycles. The van der Waals surface area contributed by atoms with Crippen LogP contribution in [0.4, 0.5) is 0 Å². The van der Waals surface area contributed by atoms with Crippen molar-refractivity contribution in [3.63, 3.8) is 0 Å². The van der Waals surface area contributed by atoms with E-state index in [-0.39, 0.29) is 0 Å². The van der Waals surface area contributed by atoms with Gasteiger partial charge >= 0.3 is 0 Å². The number of hydrogen-bond donors (Lipinski definition) is 1. The van der Waals surface area contributed by atoms with Crippen LogP contribution in [0.1, 0.15) is 48.2 Å². The van der Waals surface area contributed by atoms with Crippen molar-refractivity contribution in [2.75, 3.05) is 6.54 Å². The molecule has 0 aromatic carbocycles. The molecule has 3 heteroatoms. The average Bonchev–Trinajstić information content (AvgIpc) is 3.16.